The number of hydrogen-bond acceptors (Lipinski definition) is 2. The predicted molar refractivity (Wildman–Crippen MR) is 94.2 cm³/mol. The van der Waals surface area contributed by atoms with Gasteiger partial charge in [0.25, 0.3) is 0 Å². The van der Waals surface area contributed by atoms with Crippen molar-refractivity contribution in [3.8, 4) is 5.75 Å². The molecule has 0 spiro atoms. The van der Waals surface area contributed by atoms with Gasteiger partial charge in [0, 0.05) is 5.92 Å². The number of ether oxygens (including phenoxy) is 1. The molecule has 0 amide bonds. The minimum atomic E-state index is 0.736. The molecule has 1 aliphatic heterocycles. The van der Waals surface area contributed by atoms with Crippen LogP contribution in [0, 0.1) is 17.8 Å². The van der Waals surface area contributed by atoms with Crippen LogP contribution in [0.2, 0.25) is 0 Å². The number of allylic oxidation sites excluding steroid dienone is 2. The summed E-state index contributed by atoms with van der Waals surface area (Å²) in [6.45, 7) is 9.00. The van der Waals surface area contributed by atoms with E-state index in [9.17, 15) is 0 Å². The third-order valence-electron chi connectivity index (χ3n) is 5.94. The molecule has 1 aromatic rings. The van der Waals surface area contributed by atoms with Gasteiger partial charge >= 0.3 is 0 Å². The summed E-state index contributed by atoms with van der Waals surface area (Å²) in [6.07, 6.45) is 7.83. The third-order valence-corrected chi connectivity index (χ3v) is 5.94. The topological polar surface area (TPSA) is 16.9 Å². The van der Waals surface area contributed by atoms with Gasteiger partial charge in [-0.3, -0.25) is 0 Å². The molecule has 4 rings (SSSR count). The Labute approximate surface area is 139 Å². The van der Waals surface area contributed by atoms with Gasteiger partial charge < -0.3 is 14.5 Å². The van der Waals surface area contributed by atoms with Gasteiger partial charge in [0.05, 0.1) is 45.0 Å². The van der Waals surface area contributed by atoms with Gasteiger partial charge in [-0.15, -0.1) is 0 Å². The number of quaternary nitrogens is 1. The molecule has 1 saturated heterocycles. The average Bonchev–Trinajstić information content (AvgIpc) is 3.19. The van der Waals surface area contributed by atoms with Crippen LogP contribution in [-0.4, -0.2) is 39.3 Å². The minimum Gasteiger partial charge on any atom is -0.492 e. The van der Waals surface area contributed by atoms with Gasteiger partial charge in [-0.25, -0.2) is 0 Å². The molecular weight excluding hydrogens is 284 g/mol. The maximum Gasteiger partial charge on any atom is 0.142 e. The standard InChI is InChI=1S/C20H28N2O/c1-2-23-20-6-4-3-5-19(20)22-11-9-21(10-12-22)15-18-14-16-7-8-17(18)13-16/h3-8,16-18H,2,9-15H2,1H3/p+1/t16-,17-,18+/m0/s1. The number of benzene rings is 1. The quantitative estimate of drug-likeness (QED) is 0.838. The van der Waals surface area contributed by atoms with E-state index in [0.29, 0.717) is 0 Å². The molecule has 2 aliphatic carbocycles. The molecule has 2 fully saturated rings. The Morgan fingerprint density at radius 3 is 2.65 bits per heavy atom. The molecule has 1 saturated carbocycles. The first-order chi connectivity index (χ1) is 11.3. The second-order valence-electron chi connectivity index (χ2n) is 7.38. The van der Waals surface area contributed by atoms with Crippen molar-refractivity contribution in [3.63, 3.8) is 0 Å². The number of anilines is 1. The summed E-state index contributed by atoms with van der Waals surface area (Å²) in [7, 11) is 0. The summed E-state index contributed by atoms with van der Waals surface area (Å²) in [4.78, 5) is 4.32. The van der Waals surface area contributed by atoms with Crippen LogP contribution in [0.3, 0.4) is 0 Å². The first kappa shape index (κ1) is 15.1. The van der Waals surface area contributed by atoms with E-state index in [-0.39, 0.29) is 0 Å². The molecule has 0 radical (unpaired) electrons. The van der Waals surface area contributed by atoms with Crippen LogP contribution in [0.25, 0.3) is 0 Å². The van der Waals surface area contributed by atoms with Crippen molar-refractivity contribution >= 4 is 5.69 Å². The molecule has 3 nitrogen and oxygen atoms in total. The first-order valence-corrected chi connectivity index (χ1v) is 9.32. The molecule has 3 aliphatic rings. The van der Waals surface area contributed by atoms with Crippen molar-refractivity contribution in [2.24, 2.45) is 17.8 Å². The predicted octanol–water partition coefficient (Wildman–Crippen LogP) is 2.00. The molecule has 1 aromatic carbocycles. The van der Waals surface area contributed by atoms with Gasteiger partial charge in [-0.05, 0) is 43.7 Å². The fraction of sp³-hybridized carbons (Fsp3) is 0.600. The summed E-state index contributed by atoms with van der Waals surface area (Å²) < 4.78 is 5.80. The summed E-state index contributed by atoms with van der Waals surface area (Å²) in [5.41, 5.74) is 1.27. The summed E-state index contributed by atoms with van der Waals surface area (Å²) in [5.74, 6) is 3.78. The Bertz CT molecular complexity index is 563. The van der Waals surface area contributed by atoms with Crippen molar-refractivity contribution in [1.29, 1.82) is 0 Å². The smallest absolute Gasteiger partial charge is 0.142 e. The number of rotatable bonds is 5. The van der Waals surface area contributed by atoms with Crippen molar-refractivity contribution in [1.82, 2.24) is 0 Å². The van der Waals surface area contributed by atoms with E-state index in [4.69, 9.17) is 4.74 Å². The van der Waals surface area contributed by atoms with Gasteiger partial charge in [-0.2, -0.15) is 0 Å². The second kappa shape index (κ2) is 6.56. The van der Waals surface area contributed by atoms with Gasteiger partial charge in [0.1, 0.15) is 5.75 Å². The van der Waals surface area contributed by atoms with E-state index in [1.807, 2.05) is 0 Å². The zero-order valence-corrected chi connectivity index (χ0v) is 14.2. The van der Waals surface area contributed by atoms with E-state index in [1.54, 1.807) is 4.90 Å². The number of fused-ring (bicyclic) bond motifs is 2. The maximum atomic E-state index is 5.80. The van der Waals surface area contributed by atoms with Crippen LogP contribution in [0.4, 0.5) is 5.69 Å². The van der Waals surface area contributed by atoms with E-state index < -0.39 is 0 Å². The van der Waals surface area contributed by atoms with Crippen LogP contribution in [0.5, 0.6) is 5.75 Å². The highest BCUT2D eigenvalue weighted by atomic mass is 16.5. The highest BCUT2D eigenvalue weighted by Gasteiger charge is 2.38. The molecule has 124 valence electrons. The van der Waals surface area contributed by atoms with Crippen molar-refractivity contribution < 1.29 is 9.64 Å². The number of para-hydroxylation sites is 2. The molecule has 2 bridgehead atoms. The molecule has 1 N–H and O–H groups in total. The van der Waals surface area contributed by atoms with Gasteiger partial charge in [-0.1, -0.05) is 24.3 Å². The zero-order chi connectivity index (χ0) is 15.6. The SMILES string of the molecule is CCOc1ccccc1N1CC[NH+](C[C@H]2C[C@H]3C=C[C@H]2C3)CC1. The van der Waals surface area contributed by atoms with E-state index in [2.05, 4.69) is 48.2 Å². The Kier molecular flexibility index (Phi) is 4.30. The number of piperazine rings is 1. The van der Waals surface area contributed by atoms with Crippen LogP contribution in [-0.2, 0) is 0 Å². The lowest BCUT2D eigenvalue weighted by atomic mass is 9.93. The van der Waals surface area contributed by atoms with E-state index in [0.717, 1.165) is 43.2 Å². The van der Waals surface area contributed by atoms with Crippen molar-refractivity contribution in [2.75, 3.05) is 44.2 Å². The molecule has 0 unspecified atom stereocenters. The van der Waals surface area contributed by atoms with E-state index in [1.165, 1.54) is 38.2 Å². The fourth-order valence-corrected chi connectivity index (χ4v) is 4.76. The van der Waals surface area contributed by atoms with Gasteiger partial charge in [0.15, 0.2) is 0 Å². The monoisotopic (exact) mass is 313 g/mol. The van der Waals surface area contributed by atoms with Crippen LogP contribution in [0.1, 0.15) is 19.8 Å². The Hall–Kier alpha value is -1.48. The summed E-state index contributed by atoms with van der Waals surface area (Å²) in [6, 6.07) is 8.49. The largest absolute Gasteiger partial charge is 0.492 e. The van der Waals surface area contributed by atoms with Gasteiger partial charge in [0.2, 0.25) is 0 Å². The average molecular weight is 313 g/mol. The number of nitrogens with one attached hydrogen (secondary N) is 1. The summed E-state index contributed by atoms with van der Waals surface area (Å²) in [5, 5.41) is 0. The Morgan fingerprint density at radius 2 is 1.96 bits per heavy atom. The Morgan fingerprint density at radius 1 is 1.13 bits per heavy atom. The van der Waals surface area contributed by atoms with Crippen LogP contribution >= 0.6 is 0 Å². The molecule has 0 aromatic heterocycles. The number of nitrogens with zero attached hydrogens (tertiary/aromatic N) is 1. The normalized spacial score (nSPS) is 30.1. The Balaban J connectivity index is 1.33. The second-order valence-corrected chi connectivity index (χ2v) is 7.38. The zero-order valence-electron chi connectivity index (χ0n) is 14.2. The number of hydrogen-bond donors (Lipinski definition) is 1. The highest BCUT2D eigenvalue weighted by Crippen LogP contribution is 2.42. The lowest BCUT2D eigenvalue weighted by molar-refractivity contribution is -0.904. The molecule has 1 heterocycles. The molecule has 23 heavy (non-hydrogen) atoms. The molecule has 3 heteroatoms. The molecule has 3 atom stereocenters. The first-order valence-electron chi connectivity index (χ1n) is 9.32. The van der Waals surface area contributed by atoms with E-state index >= 15 is 0 Å². The fourth-order valence-electron chi connectivity index (χ4n) is 4.76. The molecular formula is C20H29N2O+. The third kappa shape index (κ3) is 3.12. The lowest BCUT2D eigenvalue weighted by Gasteiger charge is -2.36. The van der Waals surface area contributed by atoms with Crippen LogP contribution < -0.4 is 14.5 Å². The lowest BCUT2D eigenvalue weighted by Crippen LogP contribution is -3.15. The van der Waals surface area contributed by atoms with Crippen LogP contribution in [0.15, 0.2) is 36.4 Å². The van der Waals surface area contributed by atoms with Crippen molar-refractivity contribution in [2.45, 2.75) is 19.8 Å². The minimum absolute atomic E-state index is 0.736. The van der Waals surface area contributed by atoms with Crippen molar-refractivity contribution in [3.05, 3.63) is 36.4 Å². The summed E-state index contributed by atoms with van der Waals surface area (Å²) >= 11 is 0. The highest BCUT2D eigenvalue weighted by molar-refractivity contribution is 5.58. The maximum absolute atomic E-state index is 5.80.